The third-order valence-corrected chi connectivity index (χ3v) is 5.23. The Hall–Kier alpha value is -3.10. The van der Waals surface area contributed by atoms with Crippen molar-refractivity contribution in [3.05, 3.63) is 52.9 Å². The summed E-state index contributed by atoms with van der Waals surface area (Å²) in [7, 11) is 1.43. The first-order chi connectivity index (χ1) is 14.3. The topological polar surface area (TPSA) is 111 Å². The fraction of sp³-hybridized carbons (Fsp3) is 0.286. The average molecular weight is 429 g/mol. The number of fused-ring (bicyclic) bond motifs is 1. The van der Waals surface area contributed by atoms with Gasteiger partial charge in [0.15, 0.2) is 11.7 Å². The van der Waals surface area contributed by atoms with Gasteiger partial charge in [0.1, 0.15) is 11.4 Å². The smallest absolute Gasteiger partial charge is 0.276 e. The third kappa shape index (κ3) is 4.55. The van der Waals surface area contributed by atoms with Crippen LogP contribution in [-0.2, 0) is 6.54 Å². The van der Waals surface area contributed by atoms with Gasteiger partial charge in [-0.15, -0.1) is 0 Å². The maximum atomic E-state index is 12.5. The summed E-state index contributed by atoms with van der Waals surface area (Å²) in [6, 6.07) is 7.02. The maximum Gasteiger partial charge on any atom is 0.276 e. The fourth-order valence-corrected chi connectivity index (χ4v) is 3.30. The summed E-state index contributed by atoms with van der Waals surface area (Å²) in [5.74, 6) is 0.313. The van der Waals surface area contributed by atoms with E-state index in [0.717, 1.165) is 30.1 Å². The Kier molecular flexibility index (Phi) is 6.59. The number of nitrogens with two attached hydrogens (primary N) is 1. The van der Waals surface area contributed by atoms with Crippen LogP contribution in [0.25, 0.3) is 10.9 Å². The molecule has 2 heterocycles. The number of hydrogen-bond donors (Lipinski definition) is 3. The molecular weight excluding hydrogens is 404 g/mol. The van der Waals surface area contributed by atoms with Gasteiger partial charge in [-0.05, 0) is 42.9 Å². The predicted octanol–water partition coefficient (Wildman–Crippen LogP) is 3.82. The van der Waals surface area contributed by atoms with Gasteiger partial charge in [0.05, 0.1) is 16.7 Å². The number of carbonyl (C=O) groups is 1. The van der Waals surface area contributed by atoms with Crippen LogP contribution in [0.3, 0.4) is 0 Å². The number of hydrogen-bond acceptors (Lipinski definition) is 5. The Morgan fingerprint density at radius 2 is 2.00 bits per heavy atom. The van der Waals surface area contributed by atoms with Crippen molar-refractivity contribution in [2.24, 2.45) is 5.73 Å². The van der Waals surface area contributed by atoms with E-state index in [4.69, 9.17) is 27.5 Å². The molecule has 9 heteroatoms. The molecule has 8 nitrogen and oxygen atoms in total. The van der Waals surface area contributed by atoms with E-state index in [-0.39, 0.29) is 11.7 Å². The highest BCUT2D eigenvalue weighted by Crippen LogP contribution is 2.34. The number of benzene rings is 1. The first kappa shape index (κ1) is 21.6. The molecule has 0 saturated carbocycles. The Morgan fingerprint density at radius 1 is 1.27 bits per heavy atom. The molecule has 0 spiro atoms. The highest BCUT2D eigenvalue weighted by Gasteiger charge is 2.19. The molecule has 0 aliphatic carbocycles. The number of pyridine rings is 1. The lowest BCUT2D eigenvalue weighted by molar-refractivity contribution is 0.0864. The lowest BCUT2D eigenvalue weighted by Crippen LogP contribution is -2.38. The van der Waals surface area contributed by atoms with Gasteiger partial charge in [0.2, 0.25) is 0 Å². The number of aromatic amines is 1. The second-order valence-corrected chi connectivity index (χ2v) is 7.27. The van der Waals surface area contributed by atoms with Gasteiger partial charge in [-0.3, -0.25) is 25.0 Å². The molecule has 0 saturated heterocycles. The van der Waals surface area contributed by atoms with E-state index in [2.05, 4.69) is 28.7 Å². The van der Waals surface area contributed by atoms with Gasteiger partial charge in [-0.1, -0.05) is 25.4 Å². The Balaban J connectivity index is 1.93. The van der Waals surface area contributed by atoms with E-state index in [1.807, 2.05) is 12.3 Å². The quantitative estimate of drug-likeness (QED) is 0.391. The molecule has 30 heavy (non-hydrogen) atoms. The van der Waals surface area contributed by atoms with Gasteiger partial charge in [-0.25, -0.2) is 0 Å². The van der Waals surface area contributed by atoms with Crippen LogP contribution in [0.2, 0.25) is 5.02 Å². The van der Waals surface area contributed by atoms with Gasteiger partial charge in [0.25, 0.3) is 5.91 Å². The summed E-state index contributed by atoms with van der Waals surface area (Å²) in [5.41, 5.74) is 7.30. The zero-order valence-electron chi connectivity index (χ0n) is 17.2. The van der Waals surface area contributed by atoms with Crippen molar-refractivity contribution in [2.45, 2.75) is 20.4 Å². The van der Waals surface area contributed by atoms with E-state index < -0.39 is 5.91 Å². The van der Waals surface area contributed by atoms with Crippen molar-refractivity contribution in [1.29, 1.82) is 5.41 Å². The monoisotopic (exact) mass is 428 g/mol. The highest BCUT2D eigenvalue weighted by molar-refractivity contribution is 6.35. The summed E-state index contributed by atoms with van der Waals surface area (Å²) in [5, 5.41) is 8.57. The average Bonchev–Trinajstić information content (AvgIpc) is 3.20. The van der Waals surface area contributed by atoms with Crippen molar-refractivity contribution in [3.63, 3.8) is 0 Å². The lowest BCUT2D eigenvalue weighted by Gasteiger charge is -2.18. The minimum Gasteiger partial charge on any atom is -0.454 e. The second-order valence-electron chi connectivity index (χ2n) is 6.86. The summed E-state index contributed by atoms with van der Waals surface area (Å²) in [6.45, 7) is 6.93. The molecule has 0 radical (unpaired) electrons. The lowest BCUT2D eigenvalue weighted by atomic mass is 10.2. The predicted molar refractivity (Wildman–Crippen MR) is 118 cm³/mol. The molecule has 158 valence electrons. The minimum atomic E-state index is -0.441. The van der Waals surface area contributed by atoms with E-state index in [1.54, 1.807) is 24.4 Å². The molecule has 0 unspecified atom stereocenters. The van der Waals surface area contributed by atoms with Gasteiger partial charge >= 0.3 is 0 Å². The van der Waals surface area contributed by atoms with Crippen molar-refractivity contribution in [1.82, 2.24) is 19.8 Å². The van der Waals surface area contributed by atoms with Crippen LogP contribution in [0.1, 0.15) is 29.9 Å². The largest absolute Gasteiger partial charge is 0.454 e. The molecule has 3 rings (SSSR count). The van der Waals surface area contributed by atoms with Crippen molar-refractivity contribution < 1.29 is 9.53 Å². The van der Waals surface area contributed by atoms with Gasteiger partial charge < -0.3 is 15.5 Å². The number of nitrogens with one attached hydrogen (secondary N) is 2. The van der Waals surface area contributed by atoms with E-state index in [9.17, 15) is 4.79 Å². The van der Waals surface area contributed by atoms with Gasteiger partial charge in [0, 0.05) is 25.2 Å². The highest BCUT2D eigenvalue weighted by atomic mass is 35.5. The molecule has 3 aromatic rings. The normalized spacial score (nSPS) is 11.1. The third-order valence-electron chi connectivity index (χ3n) is 4.90. The summed E-state index contributed by atoms with van der Waals surface area (Å²) in [4.78, 5) is 23.2. The Labute approximate surface area is 180 Å². The number of halogens is 1. The van der Waals surface area contributed by atoms with Crippen molar-refractivity contribution in [2.75, 3.05) is 20.1 Å². The number of guanidine groups is 1. The number of aromatic nitrogens is 2. The van der Waals surface area contributed by atoms with E-state index in [1.165, 1.54) is 7.05 Å². The summed E-state index contributed by atoms with van der Waals surface area (Å²) >= 11 is 6.32. The van der Waals surface area contributed by atoms with Crippen molar-refractivity contribution in [3.8, 4) is 11.5 Å². The molecule has 2 aromatic heterocycles. The van der Waals surface area contributed by atoms with Gasteiger partial charge in [-0.2, -0.15) is 0 Å². The first-order valence-corrected chi connectivity index (χ1v) is 9.99. The maximum absolute atomic E-state index is 12.5. The molecule has 0 aliphatic rings. The standard InChI is InChI=1S/C21H25ClN6O2/c1-4-28(5-2)12-13-8-14(11-25-10-13)30-18-7-6-16(22)15-9-17(26-19(15)18)20(29)27(3)21(23)24/h6-11,26H,4-5,12H2,1-3H3,(H3,23,24). The summed E-state index contributed by atoms with van der Waals surface area (Å²) < 4.78 is 6.07. The SMILES string of the molecule is CCN(CC)Cc1cncc(Oc2ccc(Cl)c3cc(C(=O)N(C)C(=N)N)[nH]c23)c1. The van der Waals surface area contributed by atoms with Crippen LogP contribution < -0.4 is 10.5 Å². The molecule has 0 atom stereocenters. The minimum absolute atomic E-state index is 0.258. The first-order valence-electron chi connectivity index (χ1n) is 9.61. The second kappa shape index (κ2) is 9.15. The van der Waals surface area contributed by atoms with Crippen LogP contribution in [-0.4, -0.2) is 51.8 Å². The zero-order valence-corrected chi connectivity index (χ0v) is 18.0. The molecule has 0 bridgehead atoms. The zero-order chi connectivity index (χ0) is 21.8. The fourth-order valence-electron chi connectivity index (χ4n) is 3.09. The van der Waals surface area contributed by atoms with E-state index in [0.29, 0.717) is 27.4 Å². The molecule has 4 N–H and O–H groups in total. The van der Waals surface area contributed by atoms with Crippen LogP contribution in [0, 0.1) is 5.41 Å². The van der Waals surface area contributed by atoms with E-state index >= 15 is 0 Å². The number of rotatable bonds is 7. The molecule has 1 aromatic carbocycles. The molecule has 0 aliphatic heterocycles. The Bertz CT molecular complexity index is 1080. The number of H-pyrrole nitrogens is 1. The number of ether oxygens (including phenoxy) is 1. The van der Waals surface area contributed by atoms with Crippen LogP contribution in [0.5, 0.6) is 11.5 Å². The molecule has 1 amide bonds. The van der Waals surface area contributed by atoms with Crippen LogP contribution in [0.4, 0.5) is 0 Å². The molecule has 0 fully saturated rings. The Morgan fingerprint density at radius 3 is 2.67 bits per heavy atom. The molecular formula is C21H25ClN6O2. The van der Waals surface area contributed by atoms with Crippen LogP contribution >= 0.6 is 11.6 Å². The number of carbonyl (C=O) groups excluding carboxylic acids is 1. The van der Waals surface area contributed by atoms with Crippen molar-refractivity contribution >= 4 is 34.4 Å². The summed E-state index contributed by atoms with van der Waals surface area (Å²) in [6.07, 6.45) is 3.47. The van der Waals surface area contributed by atoms with Crippen LogP contribution in [0.15, 0.2) is 36.7 Å². The number of nitrogens with zero attached hydrogens (tertiary/aromatic N) is 3. The number of amides is 1.